The van der Waals surface area contributed by atoms with Gasteiger partial charge in [-0.2, -0.15) is 10.1 Å². The molecule has 0 aromatic carbocycles. The molecule has 26 heavy (non-hydrogen) atoms. The van der Waals surface area contributed by atoms with Crippen molar-refractivity contribution >= 4 is 17.4 Å². The largest absolute Gasteiger partial charge is 0.462 e. The maximum absolute atomic E-state index is 14.1. The standard InChI is InChI=1S/C16H17FN6O3/c1-3-25-16(24)11-7-18-23-5-4-13(20-14(11)23)22-8-10(17)6-12(22)15-19-9(2)21-26-15/h4-5,7,10,12H,3,6,8H2,1-2H3. The van der Waals surface area contributed by atoms with Gasteiger partial charge in [0.15, 0.2) is 11.5 Å². The Morgan fingerprint density at radius 2 is 2.31 bits per heavy atom. The highest BCUT2D eigenvalue weighted by Crippen LogP contribution is 2.36. The van der Waals surface area contributed by atoms with E-state index in [9.17, 15) is 9.18 Å². The SMILES string of the molecule is CCOC(=O)c1cnn2ccc(N3CC(F)CC3c3nc(C)no3)nc12. The molecular formula is C16H17FN6O3. The molecule has 2 unspecified atom stereocenters. The van der Waals surface area contributed by atoms with E-state index in [0.717, 1.165) is 0 Å². The molecule has 4 heterocycles. The van der Waals surface area contributed by atoms with Crippen molar-refractivity contribution in [1.29, 1.82) is 0 Å². The number of ether oxygens (including phenoxy) is 1. The minimum absolute atomic E-state index is 0.151. The van der Waals surface area contributed by atoms with Gasteiger partial charge in [-0.15, -0.1) is 0 Å². The number of hydrogen-bond donors (Lipinski definition) is 0. The number of aryl methyl sites for hydroxylation is 1. The van der Waals surface area contributed by atoms with Crippen molar-refractivity contribution in [1.82, 2.24) is 24.7 Å². The lowest BCUT2D eigenvalue weighted by atomic mass is 10.2. The van der Waals surface area contributed by atoms with E-state index in [1.807, 2.05) is 0 Å². The molecule has 0 saturated carbocycles. The summed E-state index contributed by atoms with van der Waals surface area (Å²) in [4.78, 5) is 22.6. The van der Waals surface area contributed by atoms with Crippen LogP contribution in [-0.4, -0.2) is 50.0 Å². The number of aromatic nitrogens is 5. The molecule has 4 rings (SSSR count). The van der Waals surface area contributed by atoms with Gasteiger partial charge in [0.05, 0.1) is 19.3 Å². The highest BCUT2D eigenvalue weighted by Gasteiger charge is 2.37. The number of anilines is 1. The second-order valence-electron chi connectivity index (χ2n) is 6.01. The molecule has 1 saturated heterocycles. The molecule has 0 radical (unpaired) electrons. The van der Waals surface area contributed by atoms with E-state index in [0.29, 0.717) is 23.2 Å². The van der Waals surface area contributed by atoms with Gasteiger partial charge in [-0.1, -0.05) is 5.16 Å². The van der Waals surface area contributed by atoms with Gasteiger partial charge in [0, 0.05) is 12.6 Å². The van der Waals surface area contributed by atoms with Crippen LogP contribution in [0.1, 0.15) is 41.5 Å². The van der Waals surface area contributed by atoms with Gasteiger partial charge in [0.25, 0.3) is 0 Å². The summed E-state index contributed by atoms with van der Waals surface area (Å²) in [5.41, 5.74) is 0.610. The van der Waals surface area contributed by atoms with Gasteiger partial charge < -0.3 is 14.2 Å². The zero-order valence-electron chi connectivity index (χ0n) is 14.3. The minimum Gasteiger partial charge on any atom is -0.462 e. The van der Waals surface area contributed by atoms with Gasteiger partial charge in [-0.05, 0) is 19.9 Å². The van der Waals surface area contributed by atoms with Crippen LogP contribution in [0.2, 0.25) is 0 Å². The molecule has 136 valence electrons. The summed E-state index contributed by atoms with van der Waals surface area (Å²) in [7, 11) is 0. The first-order chi connectivity index (χ1) is 12.6. The maximum Gasteiger partial charge on any atom is 0.343 e. The molecule has 1 fully saturated rings. The first kappa shape index (κ1) is 16.4. The molecule has 0 N–H and O–H groups in total. The topological polar surface area (TPSA) is 98.7 Å². The first-order valence-corrected chi connectivity index (χ1v) is 8.29. The summed E-state index contributed by atoms with van der Waals surface area (Å²) < 4.78 is 25.8. The Bertz CT molecular complexity index is 955. The number of hydrogen-bond acceptors (Lipinski definition) is 8. The number of alkyl halides is 1. The third-order valence-corrected chi connectivity index (χ3v) is 4.22. The normalized spacial score (nSPS) is 20.0. The Morgan fingerprint density at radius 1 is 1.46 bits per heavy atom. The van der Waals surface area contributed by atoms with Crippen molar-refractivity contribution in [2.45, 2.75) is 32.5 Å². The summed E-state index contributed by atoms with van der Waals surface area (Å²) in [6.45, 7) is 3.84. The smallest absolute Gasteiger partial charge is 0.343 e. The van der Waals surface area contributed by atoms with Crippen LogP contribution >= 0.6 is 0 Å². The molecule has 0 bridgehead atoms. The molecule has 0 aliphatic carbocycles. The second kappa shape index (κ2) is 6.36. The third-order valence-electron chi connectivity index (χ3n) is 4.22. The summed E-state index contributed by atoms with van der Waals surface area (Å²) in [6, 6.07) is 1.30. The van der Waals surface area contributed by atoms with Gasteiger partial charge >= 0.3 is 5.97 Å². The fourth-order valence-electron chi connectivity index (χ4n) is 3.09. The van der Waals surface area contributed by atoms with Crippen LogP contribution < -0.4 is 4.90 Å². The van der Waals surface area contributed by atoms with E-state index >= 15 is 0 Å². The van der Waals surface area contributed by atoms with Crippen LogP contribution in [0.5, 0.6) is 0 Å². The van der Waals surface area contributed by atoms with Gasteiger partial charge in [-0.3, -0.25) is 0 Å². The maximum atomic E-state index is 14.1. The van der Waals surface area contributed by atoms with Crippen molar-refractivity contribution in [3.63, 3.8) is 0 Å². The molecule has 10 heteroatoms. The molecule has 1 aliphatic heterocycles. The summed E-state index contributed by atoms with van der Waals surface area (Å²) in [6.07, 6.45) is 2.27. The lowest BCUT2D eigenvalue weighted by molar-refractivity contribution is 0.0528. The molecule has 3 aromatic heterocycles. The minimum atomic E-state index is -1.04. The van der Waals surface area contributed by atoms with E-state index in [1.54, 1.807) is 31.0 Å². The monoisotopic (exact) mass is 360 g/mol. The van der Waals surface area contributed by atoms with Crippen molar-refractivity contribution in [2.75, 3.05) is 18.1 Å². The fourth-order valence-corrected chi connectivity index (χ4v) is 3.09. The van der Waals surface area contributed by atoms with E-state index in [4.69, 9.17) is 9.26 Å². The Balaban J connectivity index is 1.73. The number of fused-ring (bicyclic) bond motifs is 1. The average Bonchev–Trinajstić information content (AvgIpc) is 3.32. The highest BCUT2D eigenvalue weighted by molar-refractivity contribution is 5.95. The van der Waals surface area contributed by atoms with Crippen LogP contribution in [0.15, 0.2) is 23.0 Å². The van der Waals surface area contributed by atoms with Crippen LogP contribution in [0.3, 0.4) is 0 Å². The first-order valence-electron chi connectivity index (χ1n) is 8.29. The predicted octanol–water partition coefficient (Wildman–Crippen LogP) is 1.89. The van der Waals surface area contributed by atoms with Crippen LogP contribution in [0, 0.1) is 6.92 Å². The Kier molecular flexibility index (Phi) is 4.02. The second-order valence-corrected chi connectivity index (χ2v) is 6.01. The number of esters is 1. The number of rotatable bonds is 4. The number of halogens is 1. The lowest BCUT2D eigenvalue weighted by Crippen LogP contribution is -2.25. The molecule has 9 nitrogen and oxygen atoms in total. The summed E-state index contributed by atoms with van der Waals surface area (Å²) in [5.74, 6) is 0.847. The van der Waals surface area contributed by atoms with E-state index in [1.165, 1.54) is 10.7 Å². The molecule has 0 amide bonds. The molecule has 2 atom stereocenters. The summed E-state index contributed by atoms with van der Waals surface area (Å²) >= 11 is 0. The quantitative estimate of drug-likeness (QED) is 0.651. The van der Waals surface area contributed by atoms with Gasteiger partial charge in [0.1, 0.15) is 23.6 Å². The molecule has 1 aliphatic rings. The molecule has 3 aromatic rings. The Morgan fingerprint density at radius 3 is 3.04 bits per heavy atom. The molecular weight excluding hydrogens is 343 g/mol. The number of carbonyl (C=O) groups excluding carboxylic acids is 1. The van der Waals surface area contributed by atoms with E-state index in [2.05, 4.69) is 20.2 Å². The molecule has 0 spiro atoms. The summed E-state index contributed by atoms with van der Waals surface area (Å²) in [5, 5.41) is 7.89. The van der Waals surface area contributed by atoms with Gasteiger partial charge in [0.2, 0.25) is 5.89 Å². The van der Waals surface area contributed by atoms with Crippen molar-refractivity contribution < 1.29 is 18.4 Å². The Hall–Kier alpha value is -3.04. The van der Waals surface area contributed by atoms with Crippen LogP contribution in [0.4, 0.5) is 10.2 Å². The number of carbonyl (C=O) groups is 1. The Labute approximate surface area is 147 Å². The number of nitrogens with zero attached hydrogens (tertiary/aromatic N) is 6. The van der Waals surface area contributed by atoms with Crippen molar-refractivity contribution in [3.05, 3.63) is 35.7 Å². The van der Waals surface area contributed by atoms with E-state index < -0.39 is 18.2 Å². The third kappa shape index (κ3) is 2.76. The zero-order valence-corrected chi connectivity index (χ0v) is 14.3. The van der Waals surface area contributed by atoms with Crippen LogP contribution in [-0.2, 0) is 4.74 Å². The fraction of sp³-hybridized carbons (Fsp3) is 0.438. The zero-order chi connectivity index (χ0) is 18.3. The highest BCUT2D eigenvalue weighted by atomic mass is 19.1. The van der Waals surface area contributed by atoms with Crippen LogP contribution in [0.25, 0.3) is 5.65 Å². The van der Waals surface area contributed by atoms with Crippen molar-refractivity contribution in [3.8, 4) is 0 Å². The van der Waals surface area contributed by atoms with Crippen molar-refractivity contribution in [2.24, 2.45) is 0 Å². The predicted molar refractivity (Wildman–Crippen MR) is 87.6 cm³/mol. The average molecular weight is 360 g/mol. The van der Waals surface area contributed by atoms with Gasteiger partial charge in [-0.25, -0.2) is 18.7 Å². The van der Waals surface area contributed by atoms with E-state index in [-0.39, 0.29) is 25.1 Å². The lowest BCUT2D eigenvalue weighted by Gasteiger charge is -2.22.